The molecule has 0 atom stereocenters. The third kappa shape index (κ3) is 4.43. The molecule has 3 aromatic rings. The quantitative estimate of drug-likeness (QED) is 0.702. The highest BCUT2D eigenvalue weighted by atomic mass is 16.1. The van der Waals surface area contributed by atoms with Crippen molar-refractivity contribution in [3.05, 3.63) is 76.5 Å². The number of carbonyl (C=O) groups is 1. The van der Waals surface area contributed by atoms with Crippen LogP contribution in [0.2, 0.25) is 0 Å². The Hall–Kier alpha value is -3.70. The standard InChI is InChI=1S/C11H9N3.C10H9NO/c1-8-2-3-9(6-10(8)7-12)11-4-5-13-14-11;1-7-3-4-9(8(2)12)5-10(7)6-11/h2-6H,1H3,(H,13,14);3-5H,1-2H3. The van der Waals surface area contributed by atoms with Crippen molar-refractivity contribution in [2.75, 3.05) is 0 Å². The summed E-state index contributed by atoms with van der Waals surface area (Å²) in [6.45, 7) is 5.27. The predicted molar refractivity (Wildman–Crippen MR) is 99.4 cm³/mol. The summed E-state index contributed by atoms with van der Waals surface area (Å²) in [7, 11) is 0. The number of aromatic nitrogens is 2. The summed E-state index contributed by atoms with van der Waals surface area (Å²) >= 11 is 0. The zero-order valence-electron chi connectivity index (χ0n) is 14.9. The van der Waals surface area contributed by atoms with Crippen LogP contribution in [0.1, 0.15) is 39.5 Å². The molecule has 0 bridgehead atoms. The van der Waals surface area contributed by atoms with Gasteiger partial charge in [0.15, 0.2) is 5.78 Å². The topological polar surface area (TPSA) is 93.3 Å². The number of aryl methyl sites for hydroxylation is 2. The van der Waals surface area contributed by atoms with Gasteiger partial charge >= 0.3 is 0 Å². The number of H-pyrrole nitrogens is 1. The van der Waals surface area contributed by atoms with E-state index in [1.165, 1.54) is 6.92 Å². The molecule has 0 spiro atoms. The number of aromatic amines is 1. The molecule has 0 saturated heterocycles. The normalized spacial score (nSPS) is 9.42. The Kier molecular flexibility index (Phi) is 6.03. The van der Waals surface area contributed by atoms with Crippen LogP contribution in [0.5, 0.6) is 0 Å². The monoisotopic (exact) mass is 342 g/mol. The van der Waals surface area contributed by atoms with Gasteiger partial charge in [-0.1, -0.05) is 24.3 Å². The second kappa shape index (κ2) is 8.41. The molecule has 26 heavy (non-hydrogen) atoms. The molecule has 0 aliphatic carbocycles. The van der Waals surface area contributed by atoms with E-state index in [-0.39, 0.29) is 5.78 Å². The van der Waals surface area contributed by atoms with E-state index in [0.717, 1.165) is 22.4 Å². The minimum absolute atomic E-state index is 0.00787. The lowest BCUT2D eigenvalue weighted by molar-refractivity contribution is 0.101. The number of ketones is 1. The summed E-state index contributed by atoms with van der Waals surface area (Å²) in [5.74, 6) is -0.00787. The van der Waals surface area contributed by atoms with Gasteiger partial charge in [-0.3, -0.25) is 9.89 Å². The summed E-state index contributed by atoms with van der Waals surface area (Å²) < 4.78 is 0. The van der Waals surface area contributed by atoms with Crippen molar-refractivity contribution in [2.45, 2.75) is 20.8 Å². The summed E-state index contributed by atoms with van der Waals surface area (Å²) in [6, 6.07) is 17.0. The molecular formula is C21H18N4O. The van der Waals surface area contributed by atoms with Gasteiger partial charge in [0.05, 0.1) is 29.0 Å². The maximum Gasteiger partial charge on any atom is 0.159 e. The fourth-order valence-corrected chi connectivity index (χ4v) is 2.29. The van der Waals surface area contributed by atoms with E-state index in [4.69, 9.17) is 10.5 Å². The number of hydrogen-bond acceptors (Lipinski definition) is 4. The van der Waals surface area contributed by atoms with Gasteiger partial charge in [-0.2, -0.15) is 15.6 Å². The first kappa shape index (κ1) is 18.6. The van der Waals surface area contributed by atoms with Crippen LogP contribution in [0.3, 0.4) is 0 Å². The summed E-state index contributed by atoms with van der Waals surface area (Å²) in [5.41, 5.74) is 5.70. The van der Waals surface area contributed by atoms with Crippen molar-refractivity contribution in [3.8, 4) is 23.4 Å². The average molecular weight is 342 g/mol. The van der Waals surface area contributed by atoms with Crippen molar-refractivity contribution in [1.29, 1.82) is 10.5 Å². The van der Waals surface area contributed by atoms with E-state index in [1.807, 2.05) is 44.2 Å². The molecule has 0 amide bonds. The highest BCUT2D eigenvalue weighted by Gasteiger charge is 2.03. The number of Topliss-reactive ketones (excluding diaryl/α,β-unsaturated/α-hetero) is 1. The highest BCUT2D eigenvalue weighted by molar-refractivity contribution is 5.94. The van der Waals surface area contributed by atoms with Crippen LogP contribution in [0.15, 0.2) is 48.7 Å². The second-order valence-corrected chi connectivity index (χ2v) is 5.81. The smallest absolute Gasteiger partial charge is 0.159 e. The first-order valence-corrected chi connectivity index (χ1v) is 7.98. The van der Waals surface area contributed by atoms with Crippen LogP contribution < -0.4 is 0 Å². The summed E-state index contributed by atoms with van der Waals surface area (Å²) in [5, 5.41) is 24.3. The third-order valence-corrected chi connectivity index (χ3v) is 3.93. The van der Waals surface area contributed by atoms with Gasteiger partial charge in [-0.15, -0.1) is 0 Å². The maximum atomic E-state index is 10.9. The molecule has 5 heteroatoms. The first-order chi connectivity index (χ1) is 12.5. The van der Waals surface area contributed by atoms with Crippen LogP contribution in [-0.2, 0) is 0 Å². The van der Waals surface area contributed by atoms with Crippen molar-refractivity contribution in [2.24, 2.45) is 0 Å². The Bertz CT molecular complexity index is 1010. The van der Waals surface area contributed by atoms with Gasteiger partial charge in [0.2, 0.25) is 0 Å². The van der Waals surface area contributed by atoms with Crippen molar-refractivity contribution < 1.29 is 4.79 Å². The van der Waals surface area contributed by atoms with Crippen LogP contribution >= 0.6 is 0 Å². The van der Waals surface area contributed by atoms with E-state index >= 15 is 0 Å². The Morgan fingerprint density at radius 2 is 1.58 bits per heavy atom. The number of rotatable bonds is 2. The van der Waals surface area contributed by atoms with E-state index in [9.17, 15) is 4.79 Å². The van der Waals surface area contributed by atoms with Crippen LogP contribution in [-0.4, -0.2) is 16.0 Å². The Morgan fingerprint density at radius 1 is 0.962 bits per heavy atom. The molecule has 0 unspecified atom stereocenters. The average Bonchev–Trinajstić information content (AvgIpc) is 3.17. The molecule has 0 saturated carbocycles. The maximum absolute atomic E-state index is 10.9. The molecule has 2 aromatic carbocycles. The molecule has 128 valence electrons. The SMILES string of the molecule is CC(=O)c1ccc(C)c(C#N)c1.Cc1ccc(-c2ccn[nH]2)cc1C#N. The molecule has 1 aromatic heterocycles. The Balaban J connectivity index is 0.000000190. The number of nitriles is 2. The minimum Gasteiger partial charge on any atom is -0.295 e. The molecule has 0 aliphatic heterocycles. The van der Waals surface area contributed by atoms with E-state index < -0.39 is 0 Å². The number of nitrogens with zero attached hydrogens (tertiary/aromatic N) is 3. The van der Waals surface area contributed by atoms with E-state index in [0.29, 0.717) is 16.7 Å². The third-order valence-electron chi connectivity index (χ3n) is 3.93. The molecule has 0 radical (unpaired) electrons. The van der Waals surface area contributed by atoms with Crippen LogP contribution in [0.4, 0.5) is 0 Å². The molecule has 5 nitrogen and oxygen atoms in total. The zero-order valence-corrected chi connectivity index (χ0v) is 14.9. The lowest BCUT2D eigenvalue weighted by Crippen LogP contribution is -1.93. The number of carbonyl (C=O) groups excluding carboxylic acids is 1. The van der Waals surface area contributed by atoms with Gasteiger partial charge in [-0.25, -0.2) is 0 Å². The van der Waals surface area contributed by atoms with E-state index in [2.05, 4.69) is 16.3 Å². The summed E-state index contributed by atoms with van der Waals surface area (Å²) in [6.07, 6.45) is 1.70. The molecule has 1 N–H and O–H groups in total. The predicted octanol–water partition coefficient (Wildman–Crippen LogP) is 4.33. The lowest BCUT2D eigenvalue weighted by atomic mass is 10.0. The largest absolute Gasteiger partial charge is 0.295 e. The first-order valence-electron chi connectivity index (χ1n) is 7.98. The number of benzene rings is 2. The van der Waals surface area contributed by atoms with E-state index in [1.54, 1.807) is 24.4 Å². The Morgan fingerprint density at radius 3 is 2.12 bits per heavy atom. The van der Waals surface area contributed by atoms with Gasteiger partial charge in [0.1, 0.15) is 0 Å². The van der Waals surface area contributed by atoms with Gasteiger partial charge in [0.25, 0.3) is 0 Å². The highest BCUT2D eigenvalue weighted by Crippen LogP contribution is 2.19. The van der Waals surface area contributed by atoms with Crippen molar-refractivity contribution in [1.82, 2.24) is 10.2 Å². The van der Waals surface area contributed by atoms with Gasteiger partial charge in [-0.05, 0) is 50.1 Å². The van der Waals surface area contributed by atoms with Crippen molar-refractivity contribution >= 4 is 5.78 Å². The van der Waals surface area contributed by atoms with Gasteiger partial charge in [0, 0.05) is 17.3 Å². The van der Waals surface area contributed by atoms with Crippen molar-refractivity contribution in [3.63, 3.8) is 0 Å². The molecular weight excluding hydrogens is 324 g/mol. The Labute approximate surface area is 152 Å². The lowest BCUT2D eigenvalue weighted by Gasteiger charge is -2.00. The summed E-state index contributed by atoms with van der Waals surface area (Å²) in [4.78, 5) is 10.9. The van der Waals surface area contributed by atoms with Crippen LogP contribution in [0, 0.1) is 36.5 Å². The molecule has 0 aliphatic rings. The fourth-order valence-electron chi connectivity index (χ4n) is 2.29. The minimum atomic E-state index is -0.00787. The number of nitrogens with one attached hydrogen (secondary N) is 1. The van der Waals surface area contributed by atoms with Crippen LogP contribution in [0.25, 0.3) is 11.3 Å². The molecule has 1 heterocycles. The zero-order chi connectivity index (χ0) is 19.1. The molecule has 0 fully saturated rings. The fraction of sp³-hybridized carbons (Fsp3) is 0.143. The number of hydrogen-bond donors (Lipinski definition) is 1. The van der Waals surface area contributed by atoms with Gasteiger partial charge < -0.3 is 0 Å². The molecule has 3 rings (SSSR count). The second-order valence-electron chi connectivity index (χ2n) is 5.81.